The molecule has 0 aliphatic carbocycles. The molecule has 72 heavy (non-hydrogen) atoms. The summed E-state index contributed by atoms with van der Waals surface area (Å²) in [5.74, 6) is -3.37. The second-order valence-electron chi connectivity index (χ2n) is 18.4. The molecule has 15 nitrogen and oxygen atoms in total. The minimum absolute atomic E-state index is 0.156. The zero-order valence-corrected chi connectivity index (χ0v) is 45.6. The first kappa shape index (κ1) is 64.1. The summed E-state index contributed by atoms with van der Waals surface area (Å²) in [5.41, 5.74) is 6.20. The van der Waals surface area contributed by atoms with Gasteiger partial charge in [-0.15, -0.1) is 0 Å². The lowest BCUT2D eigenvalue weighted by molar-refractivity contribution is -0.137. The van der Waals surface area contributed by atoms with Crippen LogP contribution < -0.4 is 0 Å². The Morgan fingerprint density at radius 1 is 0.444 bits per heavy atom. The number of aliphatic carboxylic acids is 3. The van der Waals surface area contributed by atoms with Crippen molar-refractivity contribution in [2.75, 3.05) is 32.1 Å². The predicted molar refractivity (Wildman–Crippen MR) is 281 cm³/mol. The van der Waals surface area contributed by atoms with Crippen LogP contribution in [-0.4, -0.2) is 103 Å². The summed E-state index contributed by atoms with van der Waals surface area (Å²) in [6, 6.07) is 14.4. The van der Waals surface area contributed by atoms with E-state index in [1.54, 1.807) is 104 Å². The molecule has 0 radical (unpaired) electrons. The third-order valence-electron chi connectivity index (χ3n) is 12.1. The van der Waals surface area contributed by atoms with Gasteiger partial charge < -0.3 is 39.8 Å². The molecule has 0 unspecified atom stereocenters. The van der Waals surface area contributed by atoms with Gasteiger partial charge in [0.1, 0.15) is 0 Å². The van der Waals surface area contributed by atoms with E-state index in [4.69, 9.17) is 30.6 Å². The molecule has 0 saturated heterocycles. The van der Waals surface area contributed by atoms with Crippen molar-refractivity contribution < 1.29 is 73.3 Å². The highest BCUT2D eigenvalue weighted by Gasteiger charge is 2.44. The number of carboxylic acids is 3. The fraction of sp³-hybridized carbons (Fsp3) is 0.400. The van der Waals surface area contributed by atoms with E-state index in [9.17, 15) is 42.7 Å². The third kappa shape index (κ3) is 16.5. The van der Waals surface area contributed by atoms with Gasteiger partial charge in [-0.1, -0.05) is 84.3 Å². The van der Waals surface area contributed by atoms with E-state index in [-0.39, 0.29) is 42.1 Å². The molecule has 0 saturated carbocycles. The highest BCUT2D eigenvalue weighted by Crippen LogP contribution is 2.55. The molecule has 4 aromatic rings. The summed E-state index contributed by atoms with van der Waals surface area (Å²) >= 11 is 0. The van der Waals surface area contributed by atoms with Crippen LogP contribution in [0.4, 0.5) is 0 Å². The SMILES string of the molecule is C=CC(=O)O.CCC(CO)(CO)CO.Cc1cc(C)c(C(=O)P(=O)(CCC(=O)O)C(=O)c2c(C)cc(C)cc2C)c(C)c1.Cc1cc(C)c(C(=O)P(=O)(CCC(=O)O)C(=O)c2c(C)cc(C)cc2C)c(C)c1. The Kier molecular flexibility index (Phi) is 24.7. The van der Waals surface area contributed by atoms with Crippen molar-refractivity contribution in [3.05, 3.63) is 150 Å². The molecule has 0 atom stereocenters. The van der Waals surface area contributed by atoms with E-state index < -0.39 is 84.9 Å². The van der Waals surface area contributed by atoms with Crippen LogP contribution in [0.25, 0.3) is 0 Å². The average Bonchev–Trinajstić information content (AvgIpc) is 3.27. The smallest absolute Gasteiger partial charge is 0.327 e. The molecule has 0 aliphatic heterocycles. The molecule has 0 aliphatic rings. The van der Waals surface area contributed by atoms with Gasteiger partial charge in [0.05, 0.1) is 32.7 Å². The molecule has 0 fully saturated rings. The number of carbonyl (C=O) groups is 7. The standard InChI is InChI=1S/2C23H27O5P.C6H14O3.C3H4O2/c2*1-13-9-15(3)20(16(4)10-13)22(26)29(28,8-7-19(24)25)23(27)21-17(5)11-14(2)12-18(21)6;1-2-6(3-7,4-8)5-9;1-2-3(4)5/h2*9-12H,7-8H2,1-6H3,(H,24,25);7-9H,2-5H2,1H3;2H,1H2,(H,4,5). The summed E-state index contributed by atoms with van der Waals surface area (Å²) < 4.78 is 27.9. The minimum atomic E-state index is -4.20. The van der Waals surface area contributed by atoms with Crippen LogP contribution in [0.15, 0.2) is 61.2 Å². The summed E-state index contributed by atoms with van der Waals surface area (Å²) in [5, 5.41) is 51.8. The van der Waals surface area contributed by atoms with Crippen LogP contribution in [0.3, 0.4) is 0 Å². The van der Waals surface area contributed by atoms with Gasteiger partial charge in [-0.3, -0.25) is 28.8 Å². The van der Waals surface area contributed by atoms with Crippen LogP contribution in [-0.2, 0) is 23.5 Å². The van der Waals surface area contributed by atoms with Crippen molar-refractivity contribution in [3.8, 4) is 0 Å². The molecular formula is C55H72O15P2. The highest BCUT2D eigenvalue weighted by atomic mass is 31.2. The molecule has 0 heterocycles. The van der Waals surface area contributed by atoms with E-state index in [1.807, 2.05) is 34.6 Å². The molecule has 0 amide bonds. The number of hydrogen-bond donors (Lipinski definition) is 6. The normalized spacial score (nSPS) is 11.1. The molecule has 4 aromatic carbocycles. The van der Waals surface area contributed by atoms with E-state index in [2.05, 4.69) is 6.58 Å². The van der Waals surface area contributed by atoms with Crippen molar-refractivity contribution in [1.82, 2.24) is 0 Å². The molecule has 0 spiro atoms. The van der Waals surface area contributed by atoms with Crippen molar-refractivity contribution >= 4 is 54.3 Å². The van der Waals surface area contributed by atoms with Gasteiger partial charge in [-0.2, -0.15) is 0 Å². The van der Waals surface area contributed by atoms with Gasteiger partial charge in [0.25, 0.3) is 0 Å². The van der Waals surface area contributed by atoms with E-state index in [1.165, 1.54) is 0 Å². The Hall–Kier alpha value is -5.95. The Morgan fingerprint density at radius 3 is 0.736 bits per heavy atom. The first-order valence-corrected chi connectivity index (χ1v) is 26.9. The fourth-order valence-corrected chi connectivity index (χ4v) is 13.4. The second-order valence-corrected chi connectivity index (χ2v) is 23.9. The lowest BCUT2D eigenvalue weighted by atomic mass is 9.88. The summed E-state index contributed by atoms with van der Waals surface area (Å²) in [4.78, 5) is 85.4. The minimum Gasteiger partial charge on any atom is -0.481 e. The van der Waals surface area contributed by atoms with Crippen LogP contribution in [0.5, 0.6) is 0 Å². The lowest BCUT2D eigenvalue weighted by Gasteiger charge is -2.24. The zero-order chi connectivity index (χ0) is 55.8. The molecule has 6 N–H and O–H groups in total. The number of hydrogen-bond acceptors (Lipinski definition) is 12. The second kappa shape index (κ2) is 27.8. The number of aryl methyl sites for hydroxylation is 12. The first-order valence-electron chi connectivity index (χ1n) is 23.1. The maximum absolute atomic E-state index is 13.9. The Labute approximate surface area is 423 Å². The maximum atomic E-state index is 13.9. The van der Waals surface area contributed by atoms with Crippen molar-refractivity contribution in [2.24, 2.45) is 5.41 Å². The van der Waals surface area contributed by atoms with Crippen LogP contribution >= 0.6 is 14.3 Å². The van der Waals surface area contributed by atoms with Gasteiger partial charge in [0.15, 0.2) is 0 Å². The van der Waals surface area contributed by atoms with Gasteiger partial charge in [-0.25, -0.2) is 4.79 Å². The number of rotatable bonds is 19. The zero-order valence-electron chi connectivity index (χ0n) is 43.8. The lowest BCUT2D eigenvalue weighted by Crippen LogP contribution is -2.32. The van der Waals surface area contributed by atoms with Crippen LogP contribution in [0, 0.1) is 88.5 Å². The molecule has 4 rings (SSSR count). The summed E-state index contributed by atoms with van der Waals surface area (Å²) in [7, 11) is -8.39. The molecule has 0 bridgehead atoms. The average molecular weight is 1040 g/mol. The monoisotopic (exact) mass is 1030 g/mol. The van der Waals surface area contributed by atoms with Crippen molar-refractivity contribution in [2.45, 2.75) is 109 Å². The maximum Gasteiger partial charge on any atom is 0.327 e. The Balaban J connectivity index is 0.000000570. The molecule has 17 heteroatoms. The Bertz CT molecular complexity index is 2390. The van der Waals surface area contributed by atoms with E-state index in [0.717, 1.165) is 28.3 Å². The number of carbonyl (C=O) groups excluding carboxylic acids is 4. The largest absolute Gasteiger partial charge is 0.481 e. The molecular weight excluding hydrogens is 963 g/mol. The number of carboxylic acid groups (broad SMARTS) is 3. The van der Waals surface area contributed by atoms with Gasteiger partial charge >= 0.3 is 17.9 Å². The van der Waals surface area contributed by atoms with E-state index in [0.29, 0.717) is 50.9 Å². The quantitative estimate of drug-likeness (QED) is 0.0376. The summed E-state index contributed by atoms with van der Waals surface area (Å²) in [6.07, 6.45) is -0.569. The number of aliphatic hydroxyl groups is 3. The topological polar surface area (TPSA) is 275 Å². The van der Waals surface area contributed by atoms with Crippen molar-refractivity contribution in [1.29, 1.82) is 0 Å². The van der Waals surface area contributed by atoms with Crippen LogP contribution in [0.2, 0.25) is 0 Å². The first-order chi connectivity index (χ1) is 33.3. The predicted octanol–water partition coefficient (Wildman–Crippen LogP) is 10.3. The third-order valence-corrected chi connectivity index (χ3v) is 17.3. The fourth-order valence-electron chi connectivity index (χ4n) is 8.37. The molecule has 392 valence electrons. The highest BCUT2D eigenvalue weighted by molar-refractivity contribution is 7.95. The Morgan fingerprint density at radius 2 is 0.625 bits per heavy atom. The van der Waals surface area contributed by atoms with Crippen LogP contribution in [0.1, 0.15) is 134 Å². The van der Waals surface area contributed by atoms with Gasteiger partial charge in [0.2, 0.25) is 36.4 Å². The van der Waals surface area contributed by atoms with Gasteiger partial charge in [-0.05, 0) is 134 Å². The molecule has 0 aromatic heterocycles. The van der Waals surface area contributed by atoms with Crippen molar-refractivity contribution in [3.63, 3.8) is 0 Å². The van der Waals surface area contributed by atoms with E-state index >= 15 is 0 Å². The summed E-state index contributed by atoms with van der Waals surface area (Å²) in [6.45, 7) is 25.8. The number of aliphatic hydroxyl groups excluding tert-OH is 3. The van der Waals surface area contributed by atoms with Gasteiger partial charge in [0, 0.05) is 46.1 Å². The number of benzene rings is 4.